The molecule has 1 aromatic heterocycles. The summed E-state index contributed by atoms with van der Waals surface area (Å²) in [6.45, 7) is 2.48. The molecule has 0 saturated carbocycles. The number of benzene rings is 2. The second kappa shape index (κ2) is 10.2. The SMILES string of the molecule is CCOc1ccc(/C=N\NC(=O)C(Sc2n[nH]c(=O)[nH]c2=O)c2ccccc2)cc1. The van der Waals surface area contributed by atoms with Gasteiger partial charge in [0.05, 0.1) is 12.8 Å². The quantitative estimate of drug-likeness (QED) is 0.287. The molecule has 30 heavy (non-hydrogen) atoms. The number of carbonyl (C=O) groups is 1. The van der Waals surface area contributed by atoms with Crippen LogP contribution in [0.2, 0.25) is 0 Å². The van der Waals surface area contributed by atoms with Crippen molar-refractivity contribution in [3.8, 4) is 5.75 Å². The van der Waals surface area contributed by atoms with E-state index in [1.54, 1.807) is 24.3 Å². The molecule has 154 valence electrons. The highest BCUT2D eigenvalue weighted by Crippen LogP contribution is 2.32. The molecule has 0 aliphatic carbocycles. The minimum atomic E-state index is -0.803. The van der Waals surface area contributed by atoms with Crippen LogP contribution in [0.1, 0.15) is 23.3 Å². The van der Waals surface area contributed by atoms with Crippen LogP contribution in [-0.4, -0.2) is 33.9 Å². The van der Waals surface area contributed by atoms with Crippen LogP contribution < -0.4 is 21.4 Å². The van der Waals surface area contributed by atoms with E-state index in [9.17, 15) is 14.4 Å². The predicted octanol–water partition coefficient (Wildman–Crippen LogP) is 1.84. The summed E-state index contributed by atoms with van der Waals surface area (Å²) in [6.07, 6.45) is 1.51. The van der Waals surface area contributed by atoms with Gasteiger partial charge in [0.2, 0.25) is 0 Å². The van der Waals surface area contributed by atoms with Crippen molar-refractivity contribution in [1.82, 2.24) is 20.6 Å². The Morgan fingerprint density at radius 1 is 1.20 bits per heavy atom. The van der Waals surface area contributed by atoms with Gasteiger partial charge in [0, 0.05) is 0 Å². The van der Waals surface area contributed by atoms with Crippen LogP contribution in [0.25, 0.3) is 0 Å². The molecule has 1 unspecified atom stereocenters. The second-order valence-corrected chi connectivity index (χ2v) is 7.05. The summed E-state index contributed by atoms with van der Waals surface area (Å²) in [5.41, 5.74) is 2.53. The molecule has 1 amide bonds. The van der Waals surface area contributed by atoms with E-state index >= 15 is 0 Å². The van der Waals surface area contributed by atoms with Gasteiger partial charge in [0.1, 0.15) is 11.0 Å². The van der Waals surface area contributed by atoms with Gasteiger partial charge in [-0.25, -0.2) is 15.3 Å². The maximum absolute atomic E-state index is 12.8. The highest BCUT2D eigenvalue weighted by atomic mass is 32.2. The molecular formula is C20H19N5O4S. The Morgan fingerprint density at radius 2 is 1.93 bits per heavy atom. The lowest BCUT2D eigenvalue weighted by atomic mass is 10.1. The van der Waals surface area contributed by atoms with E-state index < -0.39 is 22.4 Å². The number of ether oxygens (including phenoxy) is 1. The molecule has 2 aromatic carbocycles. The molecule has 0 bridgehead atoms. The fourth-order valence-corrected chi connectivity index (χ4v) is 3.41. The number of aromatic nitrogens is 3. The van der Waals surface area contributed by atoms with Crippen LogP contribution in [0, 0.1) is 0 Å². The number of nitrogens with one attached hydrogen (secondary N) is 3. The lowest BCUT2D eigenvalue weighted by Crippen LogP contribution is -2.28. The van der Waals surface area contributed by atoms with Gasteiger partial charge in [-0.1, -0.05) is 42.1 Å². The molecule has 0 aliphatic heterocycles. The molecule has 1 heterocycles. The molecule has 0 aliphatic rings. The molecule has 3 rings (SSSR count). The molecule has 0 radical (unpaired) electrons. The van der Waals surface area contributed by atoms with Gasteiger partial charge in [-0.2, -0.15) is 10.2 Å². The molecule has 0 saturated heterocycles. The number of H-pyrrole nitrogens is 2. The first-order chi connectivity index (χ1) is 14.6. The number of hydrazone groups is 1. The molecular weight excluding hydrogens is 406 g/mol. The van der Waals surface area contributed by atoms with Gasteiger partial charge in [-0.3, -0.25) is 14.6 Å². The van der Waals surface area contributed by atoms with E-state index in [2.05, 4.69) is 25.7 Å². The Morgan fingerprint density at radius 3 is 2.60 bits per heavy atom. The lowest BCUT2D eigenvalue weighted by Gasteiger charge is -2.14. The van der Waals surface area contributed by atoms with Crippen molar-refractivity contribution in [2.75, 3.05) is 6.61 Å². The zero-order valence-corrected chi connectivity index (χ0v) is 16.8. The summed E-state index contributed by atoms with van der Waals surface area (Å²) in [5.74, 6) is 0.304. The van der Waals surface area contributed by atoms with Crippen molar-refractivity contribution in [2.24, 2.45) is 5.10 Å². The van der Waals surface area contributed by atoms with Gasteiger partial charge in [0.15, 0.2) is 5.03 Å². The van der Waals surface area contributed by atoms with E-state index in [0.29, 0.717) is 12.2 Å². The number of hydrogen-bond acceptors (Lipinski definition) is 7. The maximum atomic E-state index is 12.8. The van der Waals surface area contributed by atoms with E-state index in [-0.39, 0.29) is 5.03 Å². The normalized spacial score (nSPS) is 11.9. The highest BCUT2D eigenvalue weighted by molar-refractivity contribution is 8.00. The highest BCUT2D eigenvalue weighted by Gasteiger charge is 2.24. The van der Waals surface area contributed by atoms with Gasteiger partial charge in [-0.15, -0.1) is 0 Å². The number of rotatable bonds is 8. The summed E-state index contributed by atoms with van der Waals surface area (Å²) in [6, 6.07) is 16.1. The number of carbonyl (C=O) groups excluding carboxylic acids is 1. The summed E-state index contributed by atoms with van der Waals surface area (Å²) in [7, 11) is 0. The van der Waals surface area contributed by atoms with Crippen molar-refractivity contribution in [2.45, 2.75) is 17.2 Å². The maximum Gasteiger partial charge on any atom is 0.342 e. The monoisotopic (exact) mass is 425 g/mol. The van der Waals surface area contributed by atoms with Crippen molar-refractivity contribution >= 4 is 23.9 Å². The summed E-state index contributed by atoms with van der Waals surface area (Å²) in [4.78, 5) is 38.0. The molecule has 3 N–H and O–H groups in total. The molecule has 3 aromatic rings. The van der Waals surface area contributed by atoms with Crippen LogP contribution >= 0.6 is 11.8 Å². The Balaban J connectivity index is 1.75. The number of hydrogen-bond donors (Lipinski definition) is 3. The zero-order valence-electron chi connectivity index (χ0n) is 16.0. The van der Waals surface area contributed by atoms with Gasteiger partial charge in [0.25, 0.3) is 11.5 Å². The average Bonchev–Trinajstić information content (AvgIpc) is 2.75. The number of amides is 1. The first-order valence-electron chi connectivity index (χ1n) is 9.03. The van der Waals surface area contributed by atoms with Crippen LogP contribution in [0.3, 0.4) is 0 Å². The van der Waals surface area contributed by atoms with Crippen molar-refractivity contribution in [3.05, 3.63) is 86.6 Å². The third-order valence-electron chi connectivity index (χ3n) is 3.83. The standard InChI is InChI=1S/C20H19N5O4S/c1-2-29-15-10-8-13(9-11-15)12-21-23-17(26)16(14-6-4-3-5-7-14)30-19-18(27)22-20(28)25-24-19/h3-12,16H,2H2,1H3,(H,23,26)(H2,22,25,27,28)/b21-12-. The first kappa shape index (κ1) is 21.1. The Hall–Kier alpha value is -3.66. The van der Waals surface area contributed by atoms with Crippen molar-refractivity contribution in [3.63, 3.8) is 0 Å². The van der Waals surface area contributed by atoms with E-state index in [1.165, 1.54) is 6.21 Å². The Bertz CT molecular complexity index is 1130. The van der Waals surface area contributed by atoms with Gasteiger partial charge in [-0.05, 0) is 42.3 Å². The fraction of sp³-hybridized carbons (Fsp3) is 0.150. The van der Waals surface area contributed by atoms with Gasteiger partial charge >= 0.3 is 5.69 Å². The number of aromatic amines is 2. The third-order valence-corrected chi connectivity index (χ3v) is 5.05. The van der Waals surface area contributed by atoms with Crippen LogP contribution in [0.5, 0.6) is 5.75 Å². The smallest absolute Gasteiger partial charge is 0.342 e. The van der Waals surface area contributed by atoms with Crippen LogP contribution in [0.4, 0.5) is 0 Å². The summed E-state index contributed by atoms with van der Waals surface area (Å²) in [5, 5.41) is 9.05. The van der Waals surface area contributed by atoms with Crippen LogP contribution in [0.15, 0.2) is 74.3 Å². The summed E-state index contributed by atoms with van der Waals surface area (Å²) < 4.78 is 5.38. The number of nitrogens with zero attached hydrogens (tertiary/aromatic N) is 2. The predicted molar refractivity (Wildman–Crippen MR) is 114 cm³/mol. The third kappa shape index (κ3) is 5.67. The zero-order chi connectivity index (χ0) is 21.3. The van der Waals surface area contributed by atoms with E-state index in [1.807, 2.05) is 37.3 Å². The minimum absolute atomic E-state index is 0.0332. The molecule has 1 atom stereocenters. The molecule has 9 nitrogen and oxygen atoms in total. The molecule has 10 heteroatoms. The van der Waals surface area contributed by atoms with Crippen molar-refractivity contribution in [1.29, 1.82) is 0 Å². The Labute approximate surface area is 175 Å². The first-order valence-corrected chi connectivity index (χ1v) is 9.91. The second-order valence-electron chi connectivity index (χ2n) is 5.96. The lowest BCUT2D eigenvalue weighted by molar-refractivity contribution is -0.120. The summed E-state index contributed by atoms with van der Waals surface area (Å²) >= 11 is 0.911. The average molecular weight is 425 g/mol. The van der Waals surface area contributed by atoms with E-state index in [4.69, 9.17) is 4.74 Å². The fourth-order valence-electron chi connectivity index (χ4n) is 2.47. The molecule has 0 spiro atoms. The van der Waals surface area contributed by atoms with E-state index in [0.717, 1.165) is 23.1 Å². The topological polar surface area (TPSA) is 129 Å². The van der Waals surface area contributed by atoms with Crippen LogP contribution in [-0.2, 0) is 4.79 Å². The Kier molecular flexibility index (Phi) is 7.17. The largest absolute Gasteiger partial charge is 0.494 e. The molecule has 0 fully saturated rings. The van der Waals surface area contributed by atoms with Gasteiger partial charge < -0.3 is 4.74 Å². The minimum Gasteiger partial charge on any atom is -0.494 e. The van der Waals surface area contributed by atoms with Crippen molar-refractivity contribution < 1.29 is 9.53 Å². The number of thioether (sulfide) groups is 1.